The van der Waals surface area contributed by atoms with Gasteiger partial charge in [0, 0.05) is 17.0 Å². The van der Waals surface area contributed by atoms with Gasteiger partial charge < -0.3 is 0 Å². The van der Waals surface area contributed by atoms with Gasteiger partial charge in [-0.15, -0.1) is 0 Å². The first-order valence-corrected chi connectivity index (χ1v) is 13.0. The van der Waals surface area contributed by atoms with Crippen molar-refractivity contribution in [2.45, 2.75) is 77.7 Å². The van der Waals surface area contributed by atoms with Crippen molar-refractivity contribution in [3.63, 3.8) is 0 Å². The highest BCUT2D eigenvalue weighted by molar-refractivity contribution is 6.09. The number of imidazole rings is 1. The van der Waals surface area contributed by atoms with Gasteiger partial charge in [-0.3, -0.25) is 0 Å². The zero-order chi connectivity index (χ0) is 24.8. The van der Waals surface area contributed by atoms with Crippen molar-refractivity contribution in [1.29, 1.82) is 0 Å². The molecule has 3 aromatic heterocycles. The van der Waals surface area contributed by atoms with Crippen molar-refractivity contribution in [1.82, 2.24) is 9.38 Å². The largest absolute Gasteiger partial charge is 0.287 e. The number of hydrogen-bond donors (Lipinski definition) is 0. The molecule has 0 bridgehead atoms. The molecule has 3 nitrogen and oxygen atoms in total. The average molecular weight is 463 g/mol. The van der Waals surface area contributed by atoms with Gasteiger partial charge in [-0.1, -0.05) is 84.0 Å². The SMILES string of the molecule is CCC1(C)c2cc(C(C)(C)C)cc3nc(-c4ccccc4)c4c(c23)[n+](c2ccccn42)C1(C)CC. The van der Waals surface area contributed by atoms with Gasteiger partial charge >= 0.3 is 0 Å². The van der Waals surface area contributed by atoms with Gasteiger partial charge in [0.2, 0.25) is 5.52 Å². The molecule has 0 saturated heterocycles. The fraction of sp³-hybridized carbons (Fsp3) is 0.375. The summed E-state index contributed by atoms with van der Waals surface area (Å²) in [6, 6.07) is 22.1. The molecule has 6 rings (SSSR count). The molecule has 5 aromatic rings. The van der Waals surface area contributed by atoms with E-state index in [9.17, 15) is 0 Å². The van der Waals surface area contributed by atoms with Crippen LogP contribution in [0.25, 0.3) is 38.8 Å². The smallest absolute Gasteiger partial charge is 0.243 e. The van der Waals surface area contributed by atoms with E-state index in [1.54, 1.807) is 0 Å². The zero-order valence-corrected chi connectivity index (χ0v) is 22.1. The van der Waals surface area contributed by atoms with Gasteiger partial charge in [-0.05, 0) is 48.4 Å². The van der Waals surface area contributed by atoms with Crippen molar-refractivity contribution in [3.05, 3.63) is 78.0 Å². The molecule has 35 heavy (non-hydrogen) atoms. The summed E-state index contributed by atoms with van der Waals surface area (Å²) in [5, 5.41) is 1.33. The zero-order valence-electron chi connectivity index (χ0n) is 22.1. The summed E-state index contributed by atoms with van der Waals surface area (Å²) in [7, 11) is 0. The minimum Gasteiger partial charge on any atom is -0.243 e. The van der Waals surface area contributed by atoms with Crippen LogP contribution in [0.2, 0.25) is 0 Å². The maximum absolute atomic E-state index is 5.45. The van der Waals surface area contributed by atoms with Crippen LogP contribution in [0, 0.1) is 0 Å². The van der Waals surface area contributed by atoms with E-state index in [0.29, 0.717) is 0 Å². The van der Waals surface area contributed by atoms with E-state index in [-0.39, 0.29) is 16.4 Å². The van der Waals surface area contributed by atoms with E-state index in [4.69, 9.17) is 4.98 Å². The van der Waals surface area contributed by atoms with Crippen LogP contribution in [0.15, 0.2) is 66.9 Å². The first-order chi connectivity index (χ1) is 16.7. The molecule has 0 N–H and O–H groups in total. The Morgan fingerprint density at radius 3 is 2.29 bits per heavy atom. The molecule has 3 heteroatoms. The maximum Gasteiger partial charge on any atom is 0.287 e. The van der Waals surface area contributed by atoms with Crippen LogP contribution >= 0.6 is 0 Å². The van der Waals surface area contributed by atoms with Crippen LogP contribution in [-0.4, -0.2) is 9.38 Å². The Morgan fingerprint density at radius 1 is 0.914 bits per heavy atom. The molecule has 0 amide bonds. The molecule has 178 valence electrons. The molecule has 0 saturated carbocycles. The van der Waals surface area contributed by atoms with E-state index in [2.05, 4.69) is 124 Å². The lowest BCUT2D eigenvalue weighted by molar-refractivity contribution is -0.728. The second kappa shape index (κ2) is 7.16. The van der Waals surface area contributed by atoms with Gasteiger partial charge in [-0.25, -0.2) is 9.55 Å². The van der Waals surface area contributed by atoms with E-state index in [1.165, 1.54) is 33.2 Å². The third kappa shape index (κ3) is 2.73. The van der Waals surface area contributed by atoms with Gasteiger partial charge in [0.15, 0.2) is 5.52 Å². The topological polar surface area (TPSA) is 21.2 Å². The van der Waals surface area contributed by atoms with Crippen molar-refractivity contribution in [2.24, 2.45) is 0 Å². The first kappa shape index (κ1) is 22.3. The molecule has 4 heterocycles. The lowest BCUT2D eigenvalue weighted by Gasteiger charge is -2.47. The van der Waals surface area contributed by atoms with Crippen molar-refractivity contribution >= 4 is 27.6 Å². The fourth-order valence-electron chi connectivity index (χ4n) is 6.56. The first-order valence-electron chi connectivity index (χ1n) is 13.0. The van der Waals surface area contributed by atoms with Gasteiger partial charge in [0.25, 0.3) is 5.65 Å². The molecule has 2 unspecified atom stereocenters. The maximum atomic E-state index is 5.45. The third-order valence-corrected chi connectivity index (χ3v) is 9.15. The summed E-state index contributed by atoms with van der Waals surface area (Å²) in [4.78, 5) is 5.45. The van der Waals surface area contributed by atoms with Gasteiger partial charge in [-0.2, -0.15) is 4.40 Å². The average Bonchev–Trinajstić information content (AvgIpc) is 3.22. The number of aromatic nitrogens is 3. The standard InChI is InChI=1S/C32H36N3/c1-8-31(6)23-19-22(30(3,4)5)20-24-26(23)28-29(27(33-24)21-15-11-10-12-16-21)34-18-14-13-17-25(34)35(28)32(31,7)9-2/h10-20H,8-9H2,1-7H3/q+1. The molecule has 0 fully saturated rings. The minimum absolute atomic E-state index is 0.0283. The van der Waals surface area contributed by atoms with Crippen LogP contribution in [0.3, 0.4) is 0 Å². The predicted octanol–water partition coefficient (Wildman–Crippen LogP) is 7.70. The van der Waals surface area contributed by atoms with Gasteiger partial charge in [0.1, 0.15) is 11.2 Å². The molecule has 0 aliphatic carbocycles. The highest BCUT2D eigenvalue weighted by Crippen LogP contribution is 2.52. The number of benzene rings is 2. The normalized spacial score (nSPS) is 22.0. The van der Waals surface area contributed by atoms with Crippen LogP contribution < -0.4 is 4.57 Å². The van der Waals surface area contributed by atoms with E-state index in [0.717, 1.165) is 29.6 Å². The molecular weight excluding hydrogens is 426 g/mol. The number of hydrogen-bond acceptors (Lipinski definition) is 1. The summed E-state index contributed by atoms with van der Waals surface area (Å²) in [5.41, 5.74) is 9.86. The lowest BCUT2D eigenvalue weighted by atomic mass is 9.61. The van der Waals surface area contributed by atoms with Crippen LogP contribution in [0.1, 0.15) is 72.4 Å². The molecule has 1 aliphatic rings. The summed E-state index contributed by atoms with van der Waals surface area (Å²) < 4.78 is 5.03. The highest BCUT2D eigenvalue weighted by Gasteiger charge is 2.55. The fourth-order valence-corrected chi connectivity index (χ4v) is 6.56. The molecule has 1 aliphatic heterocycles. The lowest BCUT2D eigenvalue weighted by Crippen LogP contribution is -2.66. The second-order valence-electron chi connectivity index (χ2n) is 11.8. The van der Waals surface area contributed by atoms with Crippen molar-refractivity contribution in [3.8, 4) is 11.3 Å². The van der Waals surface area contributed by atoms with Crippen molar-refractivity contribution in [2.75, 3.05) is 0 Å². The third-order valence-electron chi connectivity index (χ3n) is 9.15. The molecule has 2 atom stereocenters. The van der Waals surface area contributed by atoms with Crippen LogP contribution in [0.5, 0.6) is 0 Å². The summed E-state index contributed by atoms with van der Waals surface area (Å²) in [6.45, 7) is 16.6. The van der Waals surface area contributed by atoms with E-state index in [1.807, 2.05) is 0 Å². The number of fused-ring (bicyclic) bond motifs is 3. The molecule has 0 radical (unpaired) electrons. The van der Waals surface area contributed by atoms with E-state index < -0.39 is 0 Å². The predicted molar refractivity (Wildman–Crippen MR) is 146 cm³/mol. The van der Waals surface area contributed by atoms with Crippen LogP contribution in [0.4, 0.5) is 0 Å². The quantitative estimate of drug-likeness (QED) is 0.252. The Balaban J connectivity index is 1.96. The minimum atomic E-state index is -0.0815. The Hall–Kier alpha value is -3.20. The Bertz CT molecular complexity index is 1620. The Morgan fingerprint density at radius 2 is 1.63 bits per heavy atom. The number of rotatable bonds is 3. The highest BCUT2D eigenvalue weighted by atomic mass is 15.2. The molecule has 0 spiro atoms. The second-order valence-corrected chi connectivity index (χ2v) is 11.8. The van der Waals surface area contributed by atoms with Gasteiger partial charge in [0.05, 0.1) is 17.1 Å². The molecule has 2 aromatic carbocycles. The summed E-state index contributed by atoms with van der Waals surface area (Å²) in [6.07, 6.45) is 4.33. The Labute approximate surface area is 208 Å². The molecular formula is C32H36N3+. The van der Waals surface area contributed by atoms with Crippen molar-refractivity contribution < 1.29 is 4.57 Å². The van der Waals surface area contributed by atoms with Crippen LogP contribution in [-0.2, 0) is 16.4 Å². The number of pyridine rings is 2. The monoisotopic (exact) mass is 462 g/mol. The number of nitrogens with zero attached hydrogens (tertiary/aromatic N) is 3. The van der Waals surface area contributed by atoms with E-state index >= 15 is 0 Å². The summed E-state index contributed by atoms with van der Waals surface area (Å²) >= 11 is 0. The Kier molecular flexibility index (Phi) is 4.56. The summed E-state index contributed by atoms with van der Waals surface area (Å²) in [5.74, 6) is 0.